The maximum Gasteiger partial charge on any atom is 0.456 e. The summed E-state index contributed by atoms with van der Waals surface area (Å²) in [7, 11) is 0. The van der Waals surface area contributed by atoms with Gasteiger partial charge in [0.05, 0.1) is 5.52 Å². The van der Waals surface area contributed by atoms with E-state index in [1.54, 1.807) is 16.8 Å². The van der Waals surface area contributed by atoms with Crippen molar-refractivity contribution in [3.63, 3.8) is 0 Å². The predicted molar refractivity (Wildman–Crippen MR) is 99.7 cm³/mol. The number of para-hydroxylation sites is 1. The fourth-order valence-electron chi connectivity index (χ4n) is 2.91. The second-order valence-corrected chi connectivity index (χ2v) is 6.59. The van der Waals surface area contributed by atoms with Crippen molar-refractivity contribution in [2.24, 2.45) is 5.73 Å². The molecule has 1 aromatic heterocycles. The van der Waals surface area contributed by atoms with Crippen molar-refractivity contribution >= 4 is 16.7 Å². The number of aromatic nitrogens is 2. The van der Waals surface area contributed by atoms with E-state index in [4.69, 9.17) is 11.5 Å². The van der Waals surface area contributed by atoms with E-state index in [1.165, 1.54) is 18.2 Å². The van der Waals surface area contributed by atoms with Gasteiger partial charge < -0.3 is 16.2 Å². The van der Waals surface area contributed by atoms with E-state index in [1.807, 2.05) is 0 Å². The zero-order chi connectivity index (χ0) is 22.1. The third kappa shape index (κ3) is 4.16. The quantitative estimate of drug-likeness (QED) is 0.544. The molecule has 3 rings (SSSR count). The highest BCUT2D eigenvalue weighted by molar-refractivity contribution is 5.92. The average Bonchev–Trinajstić information content (AvgIpc) is 2.99. The van der Waals surface area contributed by atoms with E-state index in [0.717, 1.165) is 6.07 Å². The molecule has 0 radical (unpaired) electrons. The largest absolute Gasteiger partial charge is 0.483 e. The van der Waals surface area contributed by atoms with Gasteiger partial charge in [0.1, 0.15) is 0 Å². The minimum Gasteiger partial charge on any atom is -0.483 e. The molecule has 0 aliphatic carbocycles. The van der Waals surface area contributed by atoms with Crippen LogP contribution in [-0.4, -0.2) is 35.0 Å². The first-order valence-electron chi connectivity index (χ1n) is 8.87. The number of benzene rings is 2. The molecule has 5 nitrogen and oxygen atoms in total. The van der Waals surface area contributed by atoms with E-state index < -0.39 is 30.3 Å². The monoisotopic (exact) mass is 432 g/mol. The van der Waals surface area contributed by atoms with Crippen molar-refractivity contribution in [3.8, 4) is 16.9 Å². The van der Waals surface area contributed by atoms with Gasteiger partial charge in [0.2, 0.25) is 0 Å². The number of hydrogen-bond donors (Lipinski definition) is 2. The highest BCUT2D eigenvalue weighted by Crippen LogP contribution is 2.39. The fraction of sp³-hybridized carbons (Fsp3) is 0.316. The van der Waals surface area contributed by atoms with Gasteiger partial charge in [-0.15, -0.1) is 0 Å². The van der Waals surface area contributed by atoms with Crippen LogP contribution in [0.3, 0.4) is 0 Å². The minimum atomic E-state index is -5.82. The van der Waals surface area contributed by atoms with Gasteiger partial charge in [-0.25, -0.2) is 4.39 Å². The molecule has 0 saturated carbocycles. The summed E-state index contributed by atoms with van der Waals surface area (Å²) in [6, 6.07) is 8.27. The molecule has 1 heterocycles. The zero-order valence-electron chi connectivity index (χ0n) is 15.5. The summed E-state index contributed by atoms with van der Waals surface area (Å²) in [5.41, 5.74) is 12.3. The van der Waals surface area contributed by atoms with E-state index in [0.29, 0.717) is 36.0 Å². The van der Waals surface area contributed by atoms with Crippen molar-refractivity contribution in [3.05, 3.63) is 42.2 Å². The summed E-state index contributed by atoms with van der Waals surface area (Å²) in [6.45, 7) is -1.18. The Morgan fingerprint density at radius 3 is 2.47 bits per heavy atom. The number of ether oxygens (including phenoxy) is 1. The van der Waals surface area contributed by atoms with Crippen molar-refractivity contribution in [2.45, 2.75) is 25.1 Å². The molecule has 0 saturated heterocycles. The lowest BCUT2D eigenvalue weighted by Crippen LogP contribution is -2.41. The Morgan fingerprint density at radius 2 is 1.80 bits per heavy atom. The second kappa shape index (κ2) is 8.05. The van der Waals surface area contributed by atoms with Crippen LogP contribution >= 0.6 is 0 Å². The van der Waals surface area contributed by atoms with Crippen molar-refractivity contribution in [1.29, 1.82) is 0 Å². The highest BCUT2D eigenvalue weighted by atomic mass is 19.4. The predicted octanol–water partition coefficient (Wildman–Crippen LogP) is 4.35. The van der Waals surface area contributed by atoms with Crippen LogP contribution in [0.5, 0.6) is 5.75 Å². The van der Waals surface area contributed by atoms with Crippen LogP contribution in [0.2, 0.25) is 0 Å². The summed E-state index contributed by atoms with van der Waals surface area (Å²) in [4.78, 5) is 0. The first-order valence-corrected chi connectivity index (χ1v) is 8.87. The molecule has 0 aliphatic rings. The Labute approximate surface area is 167 Å². The lowest BCUT2D eigenvalue weighted by Gasteiger charge is -2.21. The lowest BCUT2D eigenvalue weighted by atomic mass is 10.0. The topological polar surface area (TPSA) is 79.1 Å². The van der Waals surface area contributed by atoms with E-state index in [9.17, 15) is 26.3 Å². The van der Waals surface area contributed by atoms with Crippen molar-refractivity contribution < 1.29 is 31.1 Å². The van der Waals surface area contributed by atoms with E-state index in [-0.39, 0.29) is 11.4 Å². The zero-order valence-corrected chi connectivity index (χ0v) is 15.5. The Bertz CT molecular complexity index is 1050. The number of anilines is 1. The summed E-state index contributed by atoms with van der Waals surface area (Å²) < 4.78 is 84.3. The van der Waals surface area contributed by atoms with Crippen molar-refractivity contribution in [2.75, 3.05) is 18.9 Å². The molecule has 0 atom stereocenters. The second-order valence-electron chi connectivity index (χ2n) is 6.59. The first kappa shape index (κ1) is 21.8. The number of aryl methyl sites for hydroxylation is 1. The molecule has 0 spiro atoms. The standard InChI is InChI=1S/C19H18F6N4O/c20-14-4-1-3-12(16(14)30-10-18(21,22)19(23,24)25)11-5-6-13-15(9-11)29(8-2-7-26)28-17(13)27/h1,3-6,9H,2,7-8,10,26H2,(H2,27,28). The van der Waals surface area contributed by atoms with Gasteiger partial charge in [-0.05, 0) is 36.7 Å². The van der Waals surface area contributed by atoms with Crippen LogP contribution in [0.4, 0.5) is 32.2 Å². The molecule has 0 unspecified atom stereocenters. The number of nitrogens with zero attached hydrogens (tertiary/aromatic N) is 2. The molecular formula is C19H18F6N4O. The lowest BCUT2D eigenvalue weighted by molar-refractivity contribution is -0.290. The Morgan fingerprint density at radius 1 is 1.07 bits per heavy atom. The van der Waals surface area contributed by atoms with Gasteiger partial charge in [-0.3, -0.25) is 4.68 Å². The molecular weight excluding hydrogens is 414 g/mol. The number of nitrogen functional groups attached to an aromatic ring is 1. The molecule has 0 bridgehead atoms. The van der Waals surface area contributed by atoms with Gasteiger partial charge >= 0.3 is 12.1 Å². The maximum absolute atomic E-state index is 14.3. The van der Waals surface area contributed by atoms with E-state index >= 15 is 0 Å². The third-order valence-corrected chi connectivity index (χ3v) is 4.44. The fourth-order valence-corrected chi connectivity index (χ4v) is 2.91. The van der Waals surface area contributed by atoms with Crippen molar-refractivity contribution in [1.82, 2.24) is 9.78 Å². The Balaban J connectivity index is 2.02. The van der Waals surface area contributed by atoms with Gasteiger partial charge in [0.15, 0.2) is 24.0 Å². The Kier molecular flexibility index (Phi) is 5.84. The van der Waals surface area contributed by atoms with Crippen LogP contribution in [0, 0.1) is 5.82 Å². The SMILES string of the molecule is NCCCn1nc(N)c2ccc(-c3cccc(F)c3OCC(F)(F)C(F)(F)F)cc21. The molecule has 2 aromatic carbocycles. The first-order chi connectivity index (χ1) is 14.0. The minimum absolute atomic E-state index is 0.0139. The van der Waals surface area contributed by atoms with Crippen LogP contribution in [0.25, 0.3) is 22.0 Å². The van der Waals surface area contributed by atoms with Gasteiger partial charge in [-0.2, -0.15) is 27.1 Å². The van der Waals surface area contributed by atoms with Crippen LogP contribution < -0.4 is 16.2 Å². The van der Waals surface area contributed by atoms with Gasteiger partial charge in [-0.1, -0.05) is 18.2 Å². The molecule has 0 aliphatic heterocycles. The number of rotatable bonds is 7. The Hall–Kier alpha value is -2.95. The summed E-state index contributed by atoms with van der Waals surface area (Å²) >= 11 is 0. The number of nitrogens with two attached hydrogens (primary N) is 2. The van der Waals surface area contributed by atoms with Gasteiger partial charge in [0.25, 0.3) is 0 Å². The molecule has 11 heteroatoms. The summed E-state index contributed by atoms with van der Waals surface area (Å²) in [5.74, 6) is -6.65. The molecule has 0 fully saturated rings. The van der Waals surface area contributed by atoms with E-state index in [2.05, 4.69) is 9.84 Å². The maximum atomic E-state index is 14.3. The molecule has 0 amide bonds. The number of fused-ring (bicyclic) bond motifs is 1. The molecule has 30 heavy (non-hydrogen) atoms. The third-order valence-electron chi connectivity index (χ3n) is 4.44. The average molecular weight is 432 g/mol. The molecule has 3 aromatic rings. The number of halogens is 6. The summed E-state index contributed by atoms with van der Waals surface area (Å²) in [6.07, 6.45) is -5.20. The highest BCUT2D eigenvalue weighted by Gasteiger charge is 2.58. The number of hydrogen-bond acceptors (Lipinski definition) is 4. The van der Waals surface area contributed by atoms with Gasteiger partial charge in [0, 0.05) is 17.5 Å². The molecule has 162 valence electrons. The smallest absolute Gasteiger partial charge is 0.456 e. The summed E-state index contributed by atoms with van der Waals surface area (Å²) in [5, 5.41) is 4.82. The van der Waals surface area contributed by atoms with Crippen LogP contribution in [-0.2, 0) is 6.54 Å². The van der Waals surface area contributed by atoms with Crippen LogP contribution in [0.15, 0.2) is 36.4 Å². The number of alkyl halides is 5. The van der Waals surface area contributed by atoms with Crippen LogP contribution in [0.1, 0.15) is 6.42 Å². The normalized spacial score (nSPS) is 12.5. The molecule has 4 N–H and O–H groups in total.